The smallest absolute Gasteiger partial charge is 0.243 e. The fourth-order valence-electron chi connectivity index (χ4n) is 1.71. The van der Waals surface area contributed by atoms with Gasteiger partial charge in [-0.3, -0.25) is 0 Å². The first-order valence-corrected chi connectivity index (χ1v) is 7.24. The third-order valence-electron chi connectivity index (χ3n) is 3.00. The van der Waals surface area contributed by atoms with Crippen LogP contribution in [0.15, 0.2) is 34.3 Å². The molecule has 0 aliphatic heterocycles. The molecule has 1 rings (SSSR count). The van der Waals surface area contributed by atoms with Crippen LogP contribution in [-0.4, -0.2) is 36.9 Å². The van der Waals surface area contributed by atoms with E-state index >= 15 is 0 Å². The van der Waals surface area contributed by atoms with Crippen LogP contribution >= 0.6 is 0 Å². The minimum atomic E-state index is -3.58. The fourth-order valence-corrected chi connectivity index (χ4v) is 3.29. The number of hydrogen-bond donors (Lipinski definition) is 2. The van der Waals surface area contributed by atoms with Gasteiger partial charge in [0.25, 0.3) is 0 Å². The molecule has 0 bridgehead atoms. The average Bonchev–Trinajstić information content (AvgIpc) is 2.37. The number of hydrogen-bond acceptors (Lipinski definition) is 4. The van der Waals surface area contributed by atoms with E-state index in [1.807, 2.05) is 0 Å². The van der Waals surface area contributed by atoms with Crippen LogP contribution in [0.4, 0.5) is 0 Å². The van der Waals surface area contributed by atoms with Gasteiger partial charge in [-0.25, -0.2) is 8.42 Å². The van der Waals surface area contributed by atoms with Crippen molar-refractivity contribution < 1.29 is 13.6 Å². The van der Waals surface area contributed by atoms with E-state index in [0.717, 1.165) is 0 Å². The molecule has 0 saturated carbocycles. The van der Waals surface area contributed by atoms with Crippen LogP contribution in [0.5, 0.6) is 0 Å². The van der Waals surface area contributed by atoms with Crippen LogP contribution in [-0.2, 0) is 10.0 Å². The molecule has 0 aromatic heterocycles. The number of amidine groups is 1. The van der Waals surface area contributed by atoms with Crippen molar-refractivity contribution in [2.24, 2.45) is 10.9 Å². The van der Waals surface area contributed by atoms with E-state index in [1.165, 1.54) is 11.4 Å². The van der Waals surface area contributed by atoms with E-state index in [4.69, 9.17) is 10.9 Å². The van der Waals surface area contributed by atoms with E-state index in [0.29, 0.717) is 5.56 Å². The molecule has 0 heterocycles. The number of oxime groups is 1. The molecule has 0 amide bonds. The first-order valence-electron chi connectivity index (χ1n) is 5.80. The first-order chi connectivity index (χ1) is 8.80. The minimum absolute atomic E-state index is 0.000617. The van der Waals surface area contributed by atoms with Crippen molar-refractivity contribution in [3.63, 3.8) is 0 Å². The van der Waals surface area contributed by atoms with Crippen LogP contribution in [0.2, 0.25) is 0 Å². The van der Waals surface area contributed by atoms with Crippen molar-refractivity contribution in [1.29, 1.82) is 0 Å². The highest BCUT2D eigenvalue weighted by Crippen LogP contribution is 2.20. The quantitative estimate of drug-likeness (QED) is 0.367. The van der Waals surface area contributed by atoms with Crippen molar-refractivity contribution in [2.75, 3.05) is 7.05 Å². The Morgan fingerprint density at radius 1 is 1.47 bits per heavy atom. The fraction of sp³-hybridized carbons (Fsp3) is 0.417. The Kier molecular flexibility index (Phi) is 4.90. The lowest BCUT2D eigenvalue weighted by molar-refractivity contribution is 0.313. The monoisotopic (exact) mass is 285 g/mol. The summed E-state index contributed by atoms with van der Waals surface area (Å²) in [6, 6.07) is 6.38. The molecule has 0 aliphatic carbocycles. The standard InChI is InChI=1S/C12H19N3O3S/c1-9-6-4-5-7-11(9)19(17,18)15(3)10(2)8-12(13)14-16/h4-7,10,16H,8H2,1-3H3,(H2,13,14). The zero-order chi connectivity index (χ0) is 14.6. The van der Waals surface area contributed by atoms with Gasteiger partial charge in [0.1, 0.15) is 5.84 Å². The molecule has 106 valence electrons. The molecule has 0 spiro atoms. The number of nitrogens with two attached hydrogens (primary N) is 1. The summed E-state index contributed by atoms with van der Waals surface area (Å²) in [4.78, 5) is 0.267. The maximum Gasteiger partial charge on any atom is 0.243 e. The molecular formula is C12H19N3O3S. The number of benzene rings is 1. The molecule has 1 aromatic carbocycles. The summed E-state index contributed by atoms with van der Waals surface area (Å²) < 4.78 is 26.1. The van der Waals surface area contributed by atoms with Gasteiger partial charge in [0.2, 0.25) is 10.0 Å². The Bertz CT molecular complexity index is 569. The van der Waals surface area contributed by atoms with Gasteiger partial charge in [-0.1, -0.05) is 23.4 Å². The molecule has 0 fully saturated rings. The van der Waals surface area contributed by atoms with Crippen LogP contribution in [0, 0.1) is 6.92 Å². The maximum atomic E-state index is 12.4. The van der Waals surface area contributed by atoms with Crippen LogP contribution in [0.1, 0.15) is 18.9 Å². The summed E-state index contributed by atoms with van der Waals surface area (Å²) in [7, 11) is -2.10. The minimum Gasteiger partial charge on any atom is -0.409 e. The Morgan fingerprint density at radius 2 is 2.05 bits per heavy atom. The molecule has 1 unspecified atom stereocenters. The number of nitrogens with zero attached hydrogens (tertiary/aromatic N) is 2. The van der Waals surface area contributed by atoms with Gasteiger partial charge in [0.15, 0.2) is 0 Å². The van der Waals surface area contributed by atoms with Crippen LogP contribution in [0.3, 0.4) is 0 Å². The third-order valence-corrected chi connectivity index (χ3v) is 5.14. The lowest BCUT2D eigenvalue weighted by Crippen LogP contribution is -2.38. The molecule has 0 aliphatic rings. The van der Waals surface area contributed by atoms with E-state index in [9.17, 15) is 8.42 Å². The van der Waals surface area contributed by atoms with Gasteiger partial charge >= 0.3 is 0 Å². The second-order valence-corrected chi connectivity index (χ2v) is 6.40. The highest BCUT2D eigenvalue weighted by atomic mass is 32.2. The number of sulfonamides is 1. The Labute approximate surface area is 113 Å². The molecule has 1 aromatic rings. The van der Waals surface area contributed by atoms with Crippen molar-refractivity contribution in [3.8, 4) is 0 Å². The summed E-state index contributed by atoms with van der Waals surface area (Å²) in [6.45, 7) is 3.45. The zero-order valence-electron chi connectivity index (χ0n) is 11.2. The van der Waals surface area contributed by atoms with Gasteiger partial charge in [0.05, 0.1) is 4.90 Å². The van der Waals surface area contributed by atoms with Gasteiger partial charge in [-0.05, 0) is 25.5 Å². The zero-order valence-corrected chi connectivity index (χ0v) is 12.1. The van der Waals surface area contributed by atoms with Crippen molar-refractivity contribution in [1.82, 2.24) is 4.31 Å². The van der Waals surface area contributed by atoms with Crippen LogP contribution in [0.25, 0.3) is 0 Å². The molecule has 0 radical (unpaired) electrons. The molecule has 3 N–H and O–H groups in total. The summed E-state index contributed by atoms with van der Waals surface area (Å²) in [5, 5.41) is 11.4. The molecule has 19 heavy (non-hydrogen) atoms. The summed E-state index contributed by atoms with van der Waals surface area (Å²) in [5.74, 6) is -0.000617. The first kappa shape index (κ1) is 15.5. The normalized spacial score (nSPS) is 14.6. The third kappa shape index (κ3) is 3.45. The van der Waals surface area contributed by atoms with E-state index in [2.05, 4.69) is 5.16 Å². The largest absolute Gasteiger partial charge is 0.409 e. The molecule has 6 nitrogen and oxygen atoms in total. The van der Waals surface area contributed by atoms with E-state index in [1.54, 1.807) is 38.1 Å². The highest BCUT2D eigenvalue weighted by molar-refractivity contribution is 7.89. The van der Waals surface area contributed by atoms with Crippen molar-refractivity contribution >= 4 is 15.9 Å². The van der Waals surface area contributed by atoms with Gasteiger partial charge in [-0.15, -0.1) is 0 Å². The highest BCUT2D eigenvalue weighted by Gasteiger charge is 2.27. The summed E-state index contributed by atoms with van der Waals surface area (Å²) in [5.41, 5.74) is 6.09. The topological polar surface area (TPSA) is 96.0 Å². The maximum absolute atomic E-state index is 12.4. The lowest BCUT2D eigenvalue weighted by Gasteiger charge is -2.24. The van der Waals surface area contributed by atoms with Gasteiger partial charge in [-0.2, -0.15) is 4.31 Å². The Hall–Kier alpha value is -1.60. The molecule has 1 atom stereocenters. The summed E-state index contributed by atoms with van der Waals surface area (Å²) >= 11 is 0. The average molecular weight is 285 g/mol. The second-order valence-electron chi connectivity index (χ2n) is 4.43. The van der Waals surface area contributed by atoms with E-state index in [-0.39, 0.29) is 17.2 Å². The van der Waals surface area contributed by atoms with Gasteiger partial charge in [0, 0.05) is 19.5 Å². The number of aryl methyl sites for hydroxylation is 1. The second kappa shape index (κ2) is 6.03. The molecular weight excluding hydrogens is 266 g/mol. The van der Waals surface area contributed by atoms with Crippen molar-refractivity contribution in [2.45, 2.75) is 31.2 Å². The predicted octanol–water partition coefficient (Wildman–Crippen LogP) is 1.14. The summed E-state index contributed by atoms with van der Waals surface area (Å²) in [6.07, 6.45) is 0.165. The van der Waals surface area contributed by atoms with Crippen molar-refractivity contribution in [3.05, 3.63) is 29.8 Å². The Balaban J connectivity index is 3.04. The molecule has 0 saturated heterocycles. The SMILES string of the molecule is Cc1ccccc1S(=O)(=O)N(C)C(C)CC(N)=NO. The molecule has 7 heteroatoms. The van der Waals surface area contributed by atoms with Gasteiger partial charge < -0.3 is 10.9 Å². The van der Waals surface area contributed by atoms with E-state index < -0.39 is 16.1 Å². The lowest BCUT2D eigenvalue weighted by atomic mass is 10.2. The predicted molar refractivity (Wildman–Crippen MR) is 73.6 cm³/mol. The van der Waals surface area contributed by atoms with Crippen LogP contribution < -0.4 is 5.73 Å². The Morgan fingerprint density at radius 3 is 2.58 bits per heavy atom. The number of rotatable bonds is 5.